The molecule has 4 rings (SSSR count). The predicted octanol–water partition coefficient (Wildman–Crippen LogP) is 2.61. The lowest BCUT2D eigenvalue weighted by molar-refractivity contribution is 0.0792. The van der Waals surface area contributed by atoms with Crippen LogP contribution in [0.2, 0.25) is 0 Å². The minimum atomic E-state index is -0.581. The second-order valence-corrected chi connectivity index (χ2v) is 8.44. The molecule has 0 unspecified atom stereocenters. The molecule has 5 nitrogen and oxygen atoms in total. The zero-order chi connectivity index (χ0) is 18.6. The van der Waals surface area contributed by atoms with Crippen molar-refractivity contribution >= 4 is 25.2 Å². The number of rotatable bonds is 8. The Labute approximate surface area is 160 Å². The van der Waals surface area contributed by atoms with Crippen LogP contribution in [0, 0.1) is 0 Å². The van der Waals surface area contributed by atoms with Crippen LogP contribution >= 0.6 is 11.6 Å². The van der Waals surface area contributed by atoms with Crippen molar-refractivity contribution in [3.8, 4) is 0 Å². The van der Waals surface area contributed by atoms with Crippen LogP contribution in [0.3, 0.4) is 0 Å². The summed E-state index contributed by atoms with van der Waals surface area (Å²) in [6.45, 7) is 0.502. The first-order valence-corrected chi connectivity index (χ1v) is 9.80. The molecule has 3 aliphatic carbocycles. The first kappa shape index (κ1) is 19.7. The maximum absolute atomic E-state index is 12.4. The molecule has 2 bridgehead atoms. The highest BCUT2D eigenvalue weighted by Gasteiger charge is 2.48. The summed E-state index contributed by atoms with van der Waals surface area (Å²) >= 11 is 6.63. The first-order chi connectivity index (χ1) is 12.5. The summed E-state index contributed by atoms with van der Waals surface area (Å²) in [4.78, 5) is 12.5. The van der Waals surface area contributed by atoms with Crippen LogP contribution in [0.4, 0.5) is 0 Å². The lowest BCUT2D eigenvalue weighted by Crippen LogP contribution is -2.45. The summed E-state index contributed by atoms with van der Waals surface area (Å²) in [6.07, 6.45) is 7.28. The number of benzene rings is 1. The van der Waals surface area contributed by atoms with E-state index in [1.54, 1.807) is 0 Å². The highest BCUT2D eigenvalue weighted by atomic mass is 35.5. The molecule has 1 amide bonds. The zero-order valence-corrected chi connectivity index (χ0v) is 15.8. The summed E-state index contributed by atoms with van der Waals surface area (Å²) in [5.41, 5.74) is 7.61. The van der Waals surface area contributed by atoms with Gasteiger partial charge in [-0.25, -0.2) is 0 Å². The van der Waals surface area contributed by atoms with Gasteiger partial charge in [0.25, 0.3) is 5.91 Å². The molecule has 0 aromatic heterocycles. The van der Waals surface area contributed by atoms with E-state index in [0.717, 1.165) is 38.5 Å². The molecular formula is C19H27BClN2O3. The van der Waals surface area contributed by atoms with E-state index >= 15 is 0 Å². The van der Waals surface area contributed by atoms with Crippen molar-refractivity contribution in [1.29, 1.82) is 0 Å². The number of nitrogens with one attached hydrogen (secondary N) is 1. The quantitative estimate of drug-likeness (QED) is 0.369. The Balaban J connectivity index is 1.64. The van der Waals surface area contributed by atoms with E-state index in [0.29, 0.717) is 32.6 Å². The monoisotopic (exact) mass is 377 g/mol. The molecule has 26 heavy (non-hydrogen) atoms. The topological polar surface area (TPSA) is 84.6 Å². The van der Waals surface area contributed by atoms with Gasteiger partial charge in [0.15, 0.2) is 0 Å². The Hall–Kier alpha value is -1.08. The maximum Gasteiger partial charge on any atom is 0.486 e. The molecule has 3 fully saturated rings. The molecule has 7 heteroatoms. The molecule has 0 spiro atoms. The van der Waals surface area contributed by atoms with Gasteiger partial charge in [-0.15, -0.1) is 11.6 Å². The molecule has 0 heterocycles. The second kappa shape index (κ2) is 8.30. The molecule has 3 aliphatic rings. The Kier molecular flexibility index (Phi) is 6.28. The summed E-state index contributed by atoms with van der Waals surface area (Å²) in [6, 6.07) is 7.91. The smallest absolute Gasteiger partial charge is 0.429 e. The maximum atomic E-state index is 12.4. The lowest BCUT2D eigenvalue weighted by Gasteiger charge is -2.51. The summed E-state index contributed by atoms with van der Waals surface area (Å²) in [5.74, 6) is -0.218. The van der Waals surface area contributed by atoms with Crippen molar-refractivity contribution < 1.29 is 14.5 Å². The highest BCUT2D eigenvalue weighted by Crippen LogP contribution is 2.56. The van der Waals surface area contributed by atoms with Crippen molar-refractivity contribution in [2.45, 2.75) is 67.9 Å². The highest BCUT2D eigenvalue weighted by molar-refractivity contribution is 6.24. The molecule has 1 aromatic rings. The van der Waals surface area contributed by atoms with Gasteiger partial charge in [0, 0.05) is 10.4 Å². The molecule has 4 N–H and O–H groups in total. The fraction of sp³-hybridized carbons (Fsp3) is 0.632. The lowest BCUT2D eigenvalue weighted by atomic mass is 9.57. The van der Waals surface area contributed by atoms with Crippen LogP contribution < -0.4 is 11.1 Å². The average molecular weight is 378 g/mol. The average Bonchev–Trinajstić information content (AvgIpc) is 2.67. The summed E-state index contributed by atoms with van der Waals surface area (Å²) in [5, 5.41) is 11.6. The number of halogens is 1. The van der Waals surface area contributed by atoms with Gasteiger partial charge in [-0.1, -0.05) is 12.1 Å². The molecule has 0 aliphatic heterocycles. The number of alkyl halides is 1. The van der Waals surface area contributed by atoms with E-state index in [2.05, 4.69) is 17.4 Å². The minimum absolute atomic E-state index is 0.0316. The third-order valence-electron chi connectivity index (χ3n) is 6.10. The van der Waals surface area contributed by atoms with Crippen LogP contribution in [-0.4, -0.2) is 36.3 Å². The summed E-state index contributed by atoms with van der Waals surface area (Å²) < 4.78 is 5.03. The van der Waals surface area contributed by atoms with Gasteiger partial charge in [-0.05, 0) is 81.0 Å². The van der Waals surface area contributed by atoms with Crippen molar-refractivity contribution in [3.05, 3.63) is 35.4 Å². The zero-order valence-electron chi connectivity index (χ0n) is 15.0. The van der Waals surface area contributed by atoms with E-state index in [4.69, 9.17) is 27.0 Å². The van der Waals surface area contributed by atoms with E-state index in [1.807, 2.05) is 12.1 Å². The van der Waals surface area contributed by atoms with Gasteiger partial charge in [0.2, 0.25) is 0 Å². The summed E-state index contributed by atoms with van der Waals surface area (Å²) in [7, 11) is 0.604. The fourth-order valence-electron chi connectivity index (χ4n) is 4.33. The molecule has 0 saturated heterocycles. The number of carbonyl (C=O) groups is 1. The van der Waals surface area contributed by atoms with E-state index in [1.165, 1.54) is 5.56 Å². The van der Waals surface area contributed by atoms with Crippen molar-refractivity contribution in [3.63, 3.8) is 0 Å². The standard InChI is InChI=1S/C19H27BClN2O3/c21-19-10-7-18(8-11-19,9-12-19)15-5-3-14(4-6-15)17(24)23-16(26-20-25)2-1-13-22/h3-6,16,25H,1-2,7-13,22H2,(H,23,24)/t16-,18?,19?/m1/s1. The van der Waals surface area contributed by atoms with Crippen LogP contribution in [0.15, 0.2) is 24.3 Å². The molecule has 141 valence electrons. The van der Waals surface area contributed by atoms with E-state index < -0.39 is 6.23 Å². The number of amides is 1. The largest absolute Gasteiger partial charge is 0.486 e. The van der Waals surface area contributed by atoms with Crippen molar-refractivity contribution in [2.75, 3.05) is 6.54 Å². The Bertz CT molecular complexity index is 601. The SMILES string of the molecule is NCCC[C@H](NC(=O)c1ccc(C23CCC(Cl)(CC2)CC3)cc1)O[B]O. The minimum Gasteiger partial charge on any atom is -0.429 e. The molecule has 1 atom stereocenters. The molecule has 1 aromatic carbocycles. The first-order valence-electron chi connectivity index (χ1n) is 9.42. The van der Waals surface area contributed by atoms with E-state index in [-0.39, 0.29) is 16.2 Å². The number of hydrogen-bond acceptors (Lipinski definition) is 4. The van der Waals surface area contributed by atoms with Crippen LogP contribution in [0.25, 0.3) is 0 Å². The van der Waals surface area contributed by atoms with Gasteiger partial charge in [0.05, 0.1) is 0 Å². The van der Waals surface area contributed by atoms with Crippen molar-refractivity contribution in [2.24, 2.45) is 5.73 Å². The third kappa shape index (κ3) is 4.25. The second-order valence-electron chi connectivity index (χ2n) is 7.64. The van der Waals surface area contributed by atoms with Gasteiger partial charge in [-0.2, -0.15) is 0 Å². The van der Waals surface area contributed by atoms with Crippen LogP contribution in [-0.2, 0) is 10.1 Å². The molecular weight excluding hydrogens is 350 g/mol. The number of carbonyl (C=O) groups excluding carboxylic acids is 1. The third-order valence-corrected chi connectivity index (χ3v) is 6.67. The number of fused-ring (bicyclic) bond motifs is 3. The number of nitrogens with two attached hydrogens (primary N) is 1. The van der Waals surface area contributed by atoms with E-state index in [9.17, 15) is 4.79 Å². The normalized spacial score (nSPS) is 28.6. The van der Waals surface area contributed by atoms with Gasteiger partial charge in [0.1, 0.15) is 6.23 Å². The van der Waals surface area contributed by atoms with Gasteiger partial charge >= 0.3 is 7.69 Å². The fourth-order valence-corrected chi connectivity index (χ4v) is 4.61. The van der Waals surface area contributed by atoms with Gasteiger partial charge < -0.3 is 20.7 Å². The Morgan fingerprint density at radius 3 is 2.38 bits per heavy atom. The van der Waals surface area contributed by atoms with Crippen LogP contribution in [0.5, 0.6) is 0 Å². The Morgan fingerprint density at radius 2 is 1.85 bits per heavy atom. The van der Waals surface area contributed by atoms with Crippen LogP contribution in [0.1, 0.15) is 67.3 Å². The van der Waals surface area contributed by atoms with Crippen molar-refractivity contribution in [1.82, 2.24) is 5.32 Å². The predicted molar refractivity (Wildman–Crippen MR) is 103 cm³/mol. The van der Waals surface area contributed by atoms with Gasteiger partial charge in [-0.3, -0.25) is 4.79 Å². The number of hydrogen-bond donors (Lipinski definition) is 3. The Morgan fingerprint density at radius 1 is 1.23 bits per heavy atom. The molecule has 3 saturated carbocycles. The molecule has 1 radical (unpaired) electrons.